The van der Waals surface area contributed by atoms with Gasteiger partial charge in [-0.15, -0.1) is 0 Å². The van der Waals surface area contributed by atoms with Gasteiger partial charge < -0.3 is 14.2 Å². The molecule has 0 radical (unpaired) electrons. The van der Waals surface area contributed by atoms with E-state index in [4.69, 9.17) is 14.2 Å². The normalized spacial score (nSPS) is 13.1. The van der Waals surface area contributed by atoms with E-state index in [0.29, 0.717) is 19.3 Å². The molecular formula is C76H124O6. The summed E-state index contributed by atoms with van der Waals surface area (Å²) in [5.41, 5.74) is 0. The van der Waals surface area contributed by atoms with Crippen LogP contribution in [0.4, 0.5) is 0 Å². The molecule has 1 unspecified atom stereocenters. The molecule has 0 aliphatic rings. The van der Waals surface area contributed by atoms with Gasteiger partial charge in [0.1, 0.15) is 13.2 Å². The van der Waals surface area contributed by atoms with E-state index in [1.807, 2.05) is 0 Å². The van der Waals surface area contributed by atoms with Gasteiger partial charge in [0.15, 0.2) is 6.10 Å². The quantitative estimate of drug-likeness (QED) is 0.0261. The molecule has 0 spiro atoms. The molecule has 82 heavy (non-hydrogen) atoms. The number of hydrogen-bond donors (Lipinski definition) is 0. The maximum Gasteiger partial charge on any atom is 0.306 e. The Bertz CT molecular complexity index is 1780. The fourth-order valence-corrected chi connectivity index (χ4v) is 9.06. The Kier molecular flexibility index (Phi) is 64.8. The summed E-state index contributed by atoms with van der Waals surface area (Å²) in [6, 6.07) is 0. The molecule has 0 rings (SSSR count). The number of hydrogen-bond acceptors (Lipinski definition) is 6. The van der Waals surface area contributed by atoms with Gasteiger partial charge >= 0.3 is 17.9 Å². The number of rotatable bonds is 60. The van der Waals surface area contributed by atoms with Crippen molar-refractivity contribution >= 4 is 17.9 Å². The minimum Gasteiger partial charge on any atom is -0.462 e. The number of ether oxygens (including phenoxy) is 3. The third-order valence-corrected chi connectivity index (χ3v) is 14.1. The zero-order valence-corrected chi connectivity index (χ0v) is 53.2. The van der Waals surface area contributed by atoms with Crippen LogP contribution < -0.4 is 0 Å². The van der Waals surface area contributed by atoms with Gasteiger partial charge in [-0.25, -0.2) is 0 Å². The van der Waals surface area contributed by atoms with Crippen molar-refractivity contribution in [3.8, 4) is 0 Å². The zero-order valence-electron chi connectivity index (χ0n) is 53.2. The van der Waals surface area contributed by atoms with Crippen LogP contribution in [-0.4, -0.2) is 37.2 Å². The molecule has 0 bridgehead atoms. The summed E-state index contributed by atoms with van der Waals surface area (Å²) in [5, 5.41) is 0. The number of unbranched alkanes of at least 4 members (excludes halogenated alkanes) is 25. The van der Waals surface area contributed by atoms with Crippen molar-refractivity contribution in [2.24, 2.45) is 0 Å². The molecule has 6 heteroatoms. The SMILES string of the molecule is CC/C=C\C/C=C\C/C=C\C/C=C\C/C=C\C/C=C\CCCCCCCCCCCCC(=O)OCC(COC(=O)CCCCCC/C=C\C/C=C\C/C=C\C/C=C\CC)OC(=O)CCCCCCCCC/C=C\C/C=C\CCCCCC. The lowest BCUT2D eigenvalue weighted by atomic mass is 10.1. The molecule has 0 aliphatic carbocycles. The van der Waals surface area contributed by atoms with Gasteiger partial charge in [-0.05, 0) is 141 Å². The monoisotopic (exact) mass is 1130 g/mol. The van der Waals surface area contributed by atoms with E-state index >= 15 is 0 Å². The number of carbonyl (C=O) groups excluding carboxylic acids is 3. The highest BCUT2D eigenvalue weighted by atomic mass is 16.6. The maximum absolute atomic E-state index is 12.9. The molecule has 0 saturated carbocycles. The van der Waals surface area contributed by atoms with Crippen molar-refractivity contribution in [3.63, 3.8) is 0 Å². The van der Waals surface area contributed by atoms with Crippen LogP contribution in [0.2, 0.25) is 0 Å². The Morgan fingerprint density at radius 1 is 0.256 bits per heavy atom. The van der Waals surface area contributed by atoms with Crippen LogP contribution in [0.5, 0.6) is 0 Å². The first kappa shape index (κ1) is 77.3. The first-order chi connectivity index (χ1) is 40.5. The Morgan fingerprint density at radius 3 is 0.744 bits per heavy atom. The van der Waals surface area contributed by atoms with E-state index in [1.54, 1.807) is 0 Å². The van der Waals surface area contributed by atoms with Crippen molar-refractivity contribution in [1.82, 2.24) is 0 Å². The second kappa shape index (κ2) is 68.8. The van der Waals surface area contributed by atoms with Crippen molar-refractivity contribution in [3.05, 3.63) is 146 Å². The van der Waals surface area contributed by atoms with E-state index in [0.717, 1.165) is 148 Å². The van der Waals surface area contributed by atoms with Crippen LogP contribution in [0.15, 0.2) is 146 Å². The first-order valence-electron chi connectivity index (χ1n) is 33.8. The van der Waals surface area contributed by atoms with Gasteiger partial charge in [0, 0.05) is 19.3 Å². The third-order valence-electron chi connectivity index (χ3n) is 14.1. The van der Waals surface area contributed by atoms with Crippen LogP contribution >= 0.6 is 0 Å². The molecule has 0 amide bonds. The topological polar surface area (TPSA) is 78.9 Å². The lowest BCUT2D eigenvalue weighted by molar-refractivity contribution is -0.167. The van der Waals surface area contributed by atoms with Gasteiger partial charge in [-0.3, -0.25) is 14.4 Å². The molecular weight excluding hydrogens is 1010 g/mol. The highest BCUT2D eigenvalue weighted by Crippen LogP contribution is 2.15. The lowest BCUT2D eigenvalue weighted by Crippen LogP contribution is -2.30. The number of esters is 3. The van der Waals surface area contributed by atoms with E-state index in [9.17, 15) is 14.4 Å². The van der Waals surface area contributed by atoms with Crippen LogP contribution in [0.1, 0.15) is 297 Å². The van der Waals surface area contributed by atoms with Gasteiger partial charge in [0.05, 0.1) is 0 Å². The first-order valence-corrected chi connectivity index (χ1v) is 33.8. The standard InChI is InChI=1S/C76H124O6/c1-4-7-10-13-16-19-22-25-28-31-33-34-35-36-37-38-39-40-41-42-43-46-48-51-54-57-60-63-66-69-75(78)81-72-73(71-80-74(77)68-65-62-59-56-53-50-47-44-30-27-24-21-18-15-12-9-6-3)82-76(79)70-67-64-61-58-55-52-49-45-32-29-26-23-20-17-14-11-8-5-2/h7,9-10,12,16,18-21,23,25,27-30,32-34,36-37,39-40,47,50,73H,4-6,8,11,13-15,17,22,24,26,31,35,38,41-46,48-49,51-72H2,1-3H3/b10-7-,12-9-,19-16-,21-18-,23-20-,28-25-,30-27-,32-29-,34-33-,37-36-,40-39-,50-47-. The lowest BCUT2D eigenvalue weighted by Gasteiger charge is -2.18. The average Bonchev–Trinajstić information content (AvgIpc) is 3.47. The molecule has 0 saturated heterocycles. The smallest absolute Gasteiger partial charge is 0.306 e. The van der Waals surface area contributed by atoms with Gasteiger partial charge in [-0.1, -0.05) is 282 Å². The van der Waals surface area contributed by atoms with Crippen LogP contribution in [0.25, 0.3) is 0 Å². The van der Waals surface area contributed by atoms with Gasteiger partial charge in [-0.2, -0.15) is 0 Å². The predicted octanol–water partition coefficient (Wildman–Crippen LogP) is 23.5. The van der Waals surface area contributed by atoms with E-state index in [1.165, 1.54) is 109 Å². The van der Waals surface area contributed by atoms with Crippen LogP contribution in [0, 0.1) is 0 Å². The predicted molar refractivity (Wildman–Crippen MR) is 357 cm³/mol. The summed E-state index contributed by atoms with van der Waals surface area (Å²) in [7, 11) is 0. The summed E-state index contributed by atoms with van der Waals surface area (Å²) < 4.78 is 16.9. The second-order valence-electron chi connectivity index (χ2n) is 22.0. The molecule has 0 aliphatic heterocycles. The summed E-state index contributed by atoms with van der Waals surface area (Å²) >= 11 is 0. The van der Waals surface area contributed by atoms with Crippen LogP contribution in [0.3, 0.4) is 0 Å². The molecule has 0 fully saturated rings. The third kappa shape index (κ3) is 66.1. The zero-order chi connectivity index (χ0) is 59.2. The second-order valence-corrected chi connectivity index (χ2v) is 22.0. The Labute approximate surface area is 506 Å². The van der Waals surface area contributed by atoms with Gasteiger partial charge in [0.25, 0.3) is 0 Å². The van der Waals surface area contributed by atoms with Crippen LogP contribution in [-0.2, 0) is 28.6 Å². The summed E-state index contributed by atoms with van der Waals surface area (Å²) in [5.74, 6) is -0.928. The summed E-state index contributed by atoms with van der Waals surface area (Å²) in [4.78, 5) is 38.4. The molecule has 1 atom stereocenters. The minimum atomic E-state index is -0.802. The Morgan fingerprint density at radius 2 is 0.476 bits per heavy atom. The minimum absolute atomic E-state index is 0.0957. The Balaban J connectivity index is 4.39. The number of carbonyl (C=O) groups is 3. The molecule has 6 nitrogen and oxygen atoms in total. The highest BCUT2D eigenvalue weighted by molar-refractivity contribution is 5.71. The van der Waals surface area contributed by atoms with Crippen molar-refractivity contribution in [1.29, 1.82) is 0 Å². The van der Waals surface area contributed by atoms with E-state index in [-0.39, 0.29) is 31.1 Å². The van der Waals surface area contributed by atoms with Crippen molar-refractivity contribution in [2.45, 2.75) is 303 Å². The fraction of sp³-hybridized carbons (Fsp3) is 0.645. The largest absolute Gasteiger partial charge is 0.462 e. The molecule has 464 valence electrons. The molecule has 0 aromatic carbocycles. The highest BCUT2D eigenvalue weighted by Gasteiger charge is 2.19. The molecule has 0 heterocycles. The van der Waals surface area contributed by atoms with E-state index < -0.39 is 6.10 Å². The van der Waals surface area contributed by atoms with E-state index in [2.05, 4.69) is 167 Å². The number of allylic oxidation sites excluding steroid dienone is 24. The van der Waals surface area contributed by atoms with Crippen molar-refractivity contribution in [2.75, 3.05) is 13.2 Å². The fourth-order valence-electron chi connectivity index (χ4n) is 9.06. The summed E-state index contributed by atoms with van der Waals surface area (Å²) in [6.07, 6.45) is 98.5. The molecule has 0 N–H and O–H groups in total. The van der Waals surface area contributed by atoms with Gasteiger partial charge in [0.2, 0.25) is 0 Å². The summed E-state index contributed by atoms with van der Waals surface area (Å²) in [6.45, 7) is 6.38. The maximum atomic E-state index is 12.9. The molecule has 0 aromatic rings. The Hall–Kier alpha value is -4.71. The molecule has 0 aromatic heterocycles. The van der Waals surface area contributed by atoms with Crippen molar-refractivity contribution < 1.29 is 28.6 Å². The average molecular weight is 1130 g/mol.